The normalized spacial score (nSPS) is 20.2. The van der Waals surface area contributed by atoms with E-state index in [2.05, 4.69) is 18.7 Å². The molecule has 1 fully saturated rings. The molecule has 1 amide bonds. The van der Waals surface area contributed by atoms with Crippen molar-refractivity contribution in [1.82, 2.24) is 9.80 Å². The average molecular weight is 247 g/mol. The van der Waals surface area contributed by atoms with Gasteiger partial charge in [0.15, 0.2) is 0 Å². The van der Waals surface area contributed by atoms with Crippen molar-refractivity contribution < 1.29 is 4.79 Å². The van der Waals surface area contributed by atoms with E-state index < -0.39 is 0 Å². The van der Waals surface area contributed by atoms with Gasteiger partial charge < -0.3 is 9.80 Å². The molecular formula is C12H23ClN2O. The minimum Gasteiger partial charge on any atom is -0.341 e. The number of hydrogen-bond donors (Lipinski definition) is 0. The maximum Gasteiger partial charge on any atom is 0.240 e. The number of nitrogens with zero attached hydrogens (tertiary/aromatic N) is 2. The molecule has 0 aliphatic carbocycles. The SMILES string of the molecule is CCN(CC)C1CCN(C(=O)C(C)Cl)CC1. The van der Waals surface area contributed by atoms with Crippen molar-refractivity contribution in [3.8, 4) is 0 Å². The molecule has 16 heavy (non-hydrogen) atoms. The Morgan fingerprint density at radius 2 is 1.88 bits per heavy atom. The average Bonchev–Trinajstić information content (AvgIpc) is 2.30. The van der Waals surface area contributed by atoms with Gasteiger partial charge in [-0.1, -0.05) is 13.8 Å². The van der Waals surface area contributed by atoms with Crippen molar-refractivity contribution >= 4 is 17.5 Å². The fraction of sp³-hybridized carbons (Fsp3) is 0.917. The smallest absolute Gasteiger partial charge is 0.240 e. The Labute approximate surface area is 104 Å². The van der Waals surface area contributed by atoms with Crippen molar-refractivity contribution in [1.29, 1.82) is 0 Å². The molecule has 0 bridgehead atoms. The van der Waals surface area contributed by atoms with E-state index in [1.807, 2.05) is 4.90 Å². The number of piperidine rings is 1. The molecule has 0 aromatic carbocycles. The molecule has 1 saturated heterocycles. The summed E-state index contributed by atoms with van der Waals surface area (Å²) in [4.78, 5) is 16.1. The van der Waals surface area contributed by atoms with E-state index in [9.17, 15) is 4.79 Å². The van der Waals surface area contributed by atoms with Crippen LogP contribution in [0.3, 0.4) is 0 Å². The van der Waals surface area contributed by atoms with Gasteiger partial charge in [0.2, 0.25) is 5.91 Å². The summed E-state index contributed by atoms with van der Waals surface area (Å²) in [5.41, 5.74) is 0. The molecule has 1 atom stereocenters. The quantitative estimate of drug-likeness (QED) is 0.708. The maximum atomic E-state index is 11.7. The summed E-state index contributed by atoms with van der Waals surface area (Å²) in [5.74, 6) is 0.0830. The molecule has 1 unspecified atom stereocenters. The number of carbonyl (C=O) groups excluding carboxylic acids is 1. The lowest BCUT2D eigenvalue weighted by Crippen LogP contribution is -2.48. The number of hydrogen-bond acceptors (Lipinski definition) is 2. The van der Waals surface area contributed by atoms with E-state index in [1.165, 1.54) is 0 Å². The Bertz CT molecular complexity index is 221. The van der Waals surface area contributed by atoms with Gasteiger partial charge in [-0.3, -0.25) is 4.79 Å². The van der Waals surface area contributed by atoms with Crippen LogP contribution < -0.4 is 0 Å². The molecule has 0 spiro atoms. The first-order valence-corrected chi connectivity index (χ1v) is 6.70. The van der Waals surface area contributed by atoms with Crippen molar-refractivity contribution in [3.63, 3.8) is 0 Å². The van der Waals surface area contributed by atoms with Gasteiger partial charge in [0.05, 0.1) is 0 Å². The zero-order chi connectivity index (χ0) is 12.1. The minimum absolute atomic E-state index is 0.0830. The predicted octanol–water partition coefficient (Wildman–Crippen LogP) is 1.95. The minimum atomic E-state index is -0.384. The Hall–Kier alpha value is -0.280. The lowest BCUT2D eigenvalue weighted by atomic mass is 10.0. The molecule has 1 aliphatic rings. The third-order valence-electron chi connectivity index (χ3n) is 3.45. The van der Waals surface area contributed by atoms with Crippen LogP contribution in [0.1, 0.15) is 33.6 Å². The zero-order valence-electron chi connectivity index (χ0n) is 10.6. The number of halogens is 1. The molecule has 1 aliphatic heterocycles. The van der Waals surface area contributed by atoms with Crippen molar-refractivity contribution in [3.05, 3.63) is 0 Å². The van der Waals surface area contributed by atoms with Crippen molar-refractivity contribution in [2.75, 3.05) is 26.2 Å². The second kappa shape index (κ2) is 6.45. The van der Waals surface area contributed by atoms with E-state index in [0.717, 1.165) is 39.0 Å². The van der Waals surface area contributed by atoms with E-state index >= 15 is 0 Å². The van der Waals surface area contributed by atoms with Gasteiger partial charge in [-0.15, -0.1) is 11.6 Å². The highest BCUT2D eigenvalue weighted by molar-refractivity contribution is 6.30. The van der Waals surface area contributed by atoms with Crippen LogP contribution in [0.5, 0.6) is 0 Å². The first-order chi connectivity index (χ1) is 7.60. The Balaban J connectivity index is 2.42. The summed E-state index contributed by atoms with van der Waals surface area (Å²) >= 11 is 5.81. The van der Waals surface area contributed by atoms with Gasteiger partial charge in [0.1, 0.15) is 5.38 Å². The van der Waals surface area contributed by atoms with Crippen molar-refractivity contribution in [2.24, 2.45) is 0 Å². The molecule has 0 saturated carbocycles. The van der Waals surface area contributed by atoms with Gasteiger partial charge in [-0.25, -0.2) is 0 Å². The van der Waals surface area contributed by atoms with E-state index in [4.69, 9.17) is 11.6 Å². The Kier molecular flexibility index (Phi) is 5.56. The zero-order valence-corrected chi connectivity index (χ0v) is 11.3. The fourth-order valence-corrected chi connectivity index (χ4v) is 2.58. The van der Waals surface area contributed by atoms with Crippen LogP contribution in [-0.4, -0.2) is 53.3 Å². The van der Waals surface area contributed by atoms with Crippen LogP contribution >= 0.6 is 11.6 Å². The van der Waals surface area contributed by atoms with Gasteiger partial charge in [-0.05, 0) is 32.9 Å². The molecule has 0 aromatic heterocycles. The van der Waals surface area contributed by atoms with Crippen molar-refractivity contribution in [2.45, 2.75) is 45.0 Å². The largest absolute Gasteiger partial charge is 0.341 e. The summed E-state index contributed by atoms with van der Waals surface area (Å²) in [7, 11) is 0. The number of alkyl halides is 1. The number of carbonyl (C=O) groups is 1. The second-order valence-electron chi connectivity index (χ2n) is 4.39. The van der Waals surface area contributed by atoms with Crippen LogP contribution in [-0.2, 0) is 4.79 Å². The monoisotopic (exact) mass is 246 g/mol. The summed E-state index contributed by atoms with van der Waals surface area (Å²) in [6, 6.07) is 0.643. The van der Waals surface area contributed by atoms with Crippen LogP contribution in [0.2, 0.25) is 0 Å². The summed E-state index contributed by atoms with van der Waals surface area (Å²) in [5, 5.41) is -0.384. The highest BCUT2D eigenvalue weighted by Gasteiger charge is 2.26. The van der Waals surface area contributed by atoms with Gasteiger partial charge in [-0.2, -0.15) is 0 Å². The molecule has 0 N–H and O–H groups in total. The second-order valence-corrected chi connectivity index (χ2v) is 5.05. The van der Waals surface area contributed by atoms with E-state index in [0.29, 0.717) is 6.04 Å². The van der Waals surface area contributed by atoms with Crippen LogP contribution in [0.25, 0.3) is 0 Å². The third-order valence-corrected chi connectivity index (χ3v) is 3.63. The highest BCUT2D eigenvalue weighted by atomic mass is 35.5. The molecule has 0 aromatic rings. The number of likely N-dealkylation sites (tertiary alicyclic amines) is 1. The first kappa shape index (κ1) is 13.8. The molecule has 1 rings (SSSR count). The number of rotatable bonds is 4. The molecule has 0 radical (unpaired) electrons. The first-order valence-electron chi connectivity index (χ1n) is 6.27. The highest BCUT2D eigenvalue weighted by Crippen LogP contribution is 2.17. The lowest BCUT2D eigenvalue weighted by Gasteiger charge is -2.38. The molecular weight excluding hydrogens is 224 g/mol. The van der Waals surface area contributed by atoms with E-state index in [-0.39, 0.29) is 11.3 Å². The topological polar surface area (TPSA) is 23.6 Å². The standard InChI is InChI=1S/C12H23ClN2O/c1-4-14(5-2)11-6-8-15(9-7-11)12(16)10(3)13/h10-11H,4-9H2,1-3H3. The van der Waals surface area contributed by atoms with Gasteiger partial charge in [0, 0.05) is 19.1 Å². The summed E-state index contributed by atoms with van der Waals surface area (Å²) < 4.78 is 0. The van der Waals surface area contributed by atoms with Crippen LogP contribution in [0.4, 0.5) is 0 Å². The molecule has 4 heteroatoms. The van der Waals surface area contributed by atoms with Gasteiger partial charge >= 0.3 is 0 Å². The maximum absolute atomic E-state index is 11.7. The summed E-state index contributed by atoms with van der Waals surface area (Å²) in [6.45, 7) is 10.1. The van der Waals surface area contributed by atoms with Crippen LogP contribution in [0, 0.1) is 0 Å². The fourth-order valence-electron chi connectivity index (χ4n) is 2.44. The third kappa shape index (κ3) is 3.36. The predicted molar refractivity (Wildman–Crippen MR) is 67.8 cm³/mol. The summed E-state index contributed by atoms with van der Waals surface area (Å²) in [6.07, 6.45) is 2.16. The van der Waals surface area contributed by atoms with Gasteiger partial charge in [0.25, 0.3) is 0 Å². The number of amides is 1. The molecule has 1 heterocycles. The molecule has 94 valence electrons. The van der Waals surface area contributed by atoms with Crippen LogP contribution in [0.15, 0.2) is 0 Å². The lowest BCUT2D eigenvalue weighted by molar-refractivity contribution is -0.132. The Morgan fingerprint density at radius 1 is 1.38 bits per heavy atom. The Morgan fingerprint density at radius 3 is 2.25 bits per heavy atom. The van der Waals surface area contributed by atoms with E-state index in [1.54, 1.807) is 6.92 Å². The molecule has 3 nitrogen and oxygen atoms in total.